The largest absolute Gasteiger partial charge is 0.481 e. The van der Waals surface area contributed by atoms with Crippen molar-refractivity contribution in [1.82, 2.24) is 0 Å². The van der Waals surface area contributed by atoms with Crippen LogP contribution in [0.5, 0.6) is 0 Å². The lowest BCUT2D eigenvalue weighted by Gasteiger charge is -2.19. The predicted octanol–water partition coefficient (Wildman–Crippen LogP) is 2.84. The Labute approximate surface area is 91.8 Å². The Balaban J connectivity index is 2.04. The number of carboxylic acids is 1. The monoisotopic (exact) mass is 214 g/mol. The summed E-state index contributed by atoms with van der Waals surface area (Å²) in [5, 5.41) is 8.45. The molecule has 3 nitrogen and oxygen atoms in total. The fraction of sp³-hybridized carbons (Fsp3) is 0.917. The van der Waals surface area contributed by atoms with Crippen LogP contribution in [0, 0.1) is 5.92 Å². The van der Waals surface area contributed by atoms with Crippen LogP contribution in [0.1, 0.15) is 51.4 Å². The van der Waals surface area contributed by atoms with E-state index in [1.165, 1.54) is 44.9 Å². The van der Waals surface area contributed by atoms with Crippen LogP contribution in [0.3, 0.4) is 0 Å². The predicted molar refractivity (Wildman–Crippen MR) is 58.9 cm³/mol. The minimum Gasteiger partial charge on any atom is -0.481 e. The maximum Gasteiger partial charge on any atom is 0.305 e. The number of carboxylic acid groups (broad SMARTS) is 1. The van der Waals surface area contributed by atoms with Gasteiger partial charge < -0.3 is 9.84 Å². The summed E-state index contributed by atoms with van der Waals surface area (Å²) in [4.78, 5) is 10.3. The summed E-state index contributed by atoms with van der Waals surface area (Å²) in [6, 6.07) is 0. The van der Waals surface area contributed by atoms with Gasteiger partial charge in [-0.1, -0.05) is 32.1 Å². The zero-order valence-electron chi connectivity index (χ0n) is 9.41. The van der Waals surface area contributed by atoms with Crippen molar-refractivity contribution in [2.24, 2.45) is 5.92 Å². The molecule has 3 heteroatoms. The summed E-state index contributed by atoms with van der Waals surface area (Å²) in [5.41, 5.74) is 0. The van der Waals surface area contributed by atoms with Crippen molar-refractivity contribution in [3.63, 3.8) is 0 Å². The lowest BCUT2D eigenvalue weighted by Crippen LogP contribution is -2.13. The molecule has 0 bridgehead atoms. The third-order valence-electron chi connectivity index (χ3n) is 3.04. The van der Waals surface area contributed by atoms with Crippen molar-refractivity contribution in [1.29, 1.82) is 0 Å². The van der Waals surface area contributed by atoms with Crippen molar-refractivity contribution in [2.45, 2.75) is 51.4 Å². The van der Waals surface area contributed by atoms with E-state index < -0.39 is 5.97 Å². The molecule has 0 atom stereocenters. The molecule has 1 fully saturated rings. The van der Waals surface area contributed by atoms with Crippen LogP contribution in [-0.4, -0.2) is 24.3 Å². The standard InChI is InChI=1S/C12H22O3/c13-12(14)8-9-15-10-11-6-4-2-1-3-5-7-11/h11H,1-10H2,(H,13,14). The van der Waals surface area contributed by atoms with Gasteiger partial charge in [-0.2, -0.15) is 0 Å². The Morgan fingerprint density at radius 3 is 2.33 bits per heavy atom. The van der Waals surface area contributed by atoms with Gasteiger partial charge in [0.1, 0.15) is 0 Å². The Morgan fingerprint density at radius 1 is 1.13 bits per heavy atom. The molecule has 0 unspecified atom stereocenters. The SMILES string of the molecule is O=C(O)CCOCC1CCCCCCC1. The average molecular weight is 214 g/mol. The van der Waals surface area contributed by atoms with E-state index in [4.69, 9.17) is 9.84 Å². The van der Waals surface area contributed by atoms with Crippen LogP contribution < -0.4 is 0 Å². The minimum atomic E-state index is -0.771. The number of ether oxygens (including phenoxy) is 1. The zero-order valence-corrected chi connectivity index (χ0v) is 9.41. The van der Waals surface area contributed by atoms with Gasteiger partial charge in [0.2, 0.25) is 0 Å². The fourth-order valence-electron chi connectivity index (χ4n) is 2.12. The number of rotatable bonds is 5. The van der Waals surface area contributed by atoms with E-state index in [1.54, 1.807) is 0 Å². The van der Waals surface area contributed by atoms with Gasteiger partial charge in [-0.25, -0.2) is 0 Å². The average Bonchev–Trinajstić information content (AvgIpc) is 2.14. The molecule has 15 heavy (non-hydrogen) atoms. The highest BCUT2D eigenvalue weighted by atomic mass is 16.5. The first-order chi connectivity index (χ1) is 7.29. The first kappa shape index (κ1) is 12.5. The Hall–Kier alpha value is -0.570. The molecule has 0 amide bonds. The highest BCUT2D eigenvalue weighted by molar-refractivity contribution is 5.66. The zero-order chi connectivity index (χ0) is 10.9. The lowest BCUT2D eigenvalue weighted by atomic mass is 9.92. The van der Waals surface area contributed by atoms with Crippen LogP contribution in [0.15, 0.2) is 0 Å². The second-order valence-corrected chi connectivity index (χ2v) is 4.43. The second kappa shape index (κ2) is 7.69. The molecular weight excluding hydrogens is 192 g/mol. The van der Waals surface area contributed by atoms with E-state index in [1.807, 2.05) is 0 Å². The summed E-state index contributed by atoms with van der Waals surface area (Å²) in [6.45, 7) is 1.12. The molecule has 88 valence electrons. The molecule has 1 aliphatic rings. The highest BCUT2D eigenvalue weighted by Crippen LogP contribution is 2.22. The molecule has 0 heterocycles. The van der Waals surface area contributed by atoms with Crippen molar-refractivity contribution >= 4 is 5.97 Å². The van der Waals surface area contributed by atoms with E-state index in [-0.39, 0.29) is 6.42 Å². The quantitative estimate of drug-likeness (QED) is 0.716. The van der Waals surface area contributed by atoms with E-state index in [0.29, 0.717) is 12.5 Å². The summed E-state index contributed by atoms with van der Waals surface area (Å²) in [7, 11) is 0. The van der Waals surface area contributed by atoms with Crippen molar-refractivity contribution in [3.8, 4) is 0 Å². The lowest BCUT2D eigenvalue weighted by molar-refractivity contribution is -0.138. The third-order valence-corrected chi connectivity index (χ3v) is 3.04. The molecule has 0 radical (unpaired) electrons. The minimum absolute atomic E-state index is 0.132. The summed E-state index contributed by atoms with van der Waals surface area (Å²) < 4.78 is 5.40. The van der Waals surface area contributed by atoms with Gasteiger partial charge in [0.25, 0.3) is 0 Å². The summed E-state index contributed by atoms with van der Waals surface area (Å²) in [5.74, 6) is -0.105. The van der Waals surface area contributed by atoms with E-state index in [0.717, 1.165) is 6.61 Å². The molecular formula is C12H22O3. The summed E-state index contributed by atoms with van der Waals surface area (Å²) in [6.07, 6.45) is 9.36. The van der Waals surface area contributed by atoms with E-state index in [9.17, 15) is 4.79 Å². The molecule has 1 N–H and O–H groups in total. The van der Waals surface area contributed by atoms with Crippen LogP contribution in [0.25, 0.3) is 0 Å². The maximum absolute atomic E-state index is 10.3. The van der Waals surface area contributed by atoms with Gasteiger partial charge in [0.15, 0.2) is 0 Å². The van der Waals surface area contributed by atoms with Gasteiger partial charge in [-0.15, -0.1) is 0 Å². The third kappa shape index (κ3) is 6.50. The normalized spacial score (nSPS) is 19.5. The summed E-state index contributed by atoms with van der Waals surface area (Å²) >= 11 is 0. The number of hydrogen-bond acceptors (Lipinski definition) is 2. The second-order valence-electron chi connectivity index (χ2n) is 4.43. The molecule has 1 aliphatic carbocycles. The number of aliphatic carboxylic acids is 1. The van der Waals surface area contributed by atoms with E-state index in [2.05, 4.69) is 0 Å². The molecule has 0 aliphatic heterocycles. The molecule has 0 aromatic heterocycles. The van der Waals surface area contributed by atoms with Gasteiger partial charge in [-0.05, 0) is 18.8 Å². The topological polar surface area (TPSA) is 46.5 Å². The van der Waals surface area contributed by atoms with E-state index >= 15 is 0 Å². The molecule has 1 rings (SSSR count). The number of hydrogen-bond donors (Lipinski definition) is 1. The molecule has 0 saturated heterocycles. The Kier molecular flexibility index (Phi) is 6.41. The highest BCUT2D eigenvalue weighted by Gasteiger charge is 2.11. The first-order valence-electron chi connectivity index (χ1n) is 6.08. The van der Waals surface area contributed by atoms with Gasteiger partial charge in [-0.3, -0.25) is 4.79 Å². The molecule has 0 spiro atoms. The maximum atomic E-state index is 10.3. The van der Waals surface area contributed by atoms with Gasteiger partial charge >= 0.3 is 5.97 Å². The smallest absolute Gasteiger partial charge is 0.305 e. The van der Waals surface area contributed by atoms with Crippen LogP contribution in [0.2, 0.25) is 0 Å². The van der Waals surface area contributed by atoms with Gasteiger partial charge in [0, 0.05) is 6.61 Å². The molecule has 0 aromatic carbocycles. The Bertz CT molecular complexity index is 172. The van der Waals surface area contributed by atoms with Crippen LogP contribution in [-0.2, 0) is 9.53 Å². The van der Waals surface area contributed by atoms with Crippen LogP contribution in [0.4, 0.5) is 0 Å². The number of carbonyl (C=O) groups is 1. The Morgan fingerprint density at radius 2 is 1.73 bits per heavy atom. The van der Waals surface area contributed by atoms with Crippen molar-refractivity contribution < 1.29 is 14.6 Å². The van der Waals surface area contributed by atoms with Gasteiger partial charge in [0.05, 0.1) is 13.0 Å². The first-order valence-corrected chi connectivity index (χ1v) is 6.08. The molecule has 0 aromatic rings. The molecule has 1 saturated carbocycles. The fourth-order valence-corrected chi connectivity index (χ4v) is 2.12. The van der Waals surface area contributed by atoms with Crippen molar-refractivity contribution in [3.05, 3.63) is 0 Å². The van der Waals surface area contributed by atoms with Crippen molar-refractivity contribution in [2.75, 3.05) is 13.2 Å². The van der Waals surface area contributed by atoms with Crippen LogP contribution >= 0.6 is 0 Å².